The second-order valence-corrected chi connectivity index (χ2v) is 6.64. The van der Waals surface area contributed by atoms with Crippen molar-refractivity contribution in [2.75, 3.05) is 7.05 Å². The van der Waals surface area contributed by atoms with Crippen molar-refractivity contribution >= 4 is 17.6 Å². The molecule has 2 heterocycles. The van der Waals surface area contributed by atoms with Crippen molar-refractivity contribution in [3.05, 3.63) is 74.7 Å². The molecular weight excluding hydrogens is 368 g/mol. The number of amides is 1. The van der Waals surface area contributed by atoms with Crippen molar-refractivity contribution in [2.24, 2.45) is 0 Å². The molecule has 0 saturated heterocycles. The van der Waals surface area contributed by atoms with Gasteiger partial charge in [0.2, 0.25) is 5.88 Å². The zero-order chi connectivity index (χ0) is 21.1. The van der Waals surface area contributed by atoms with Crippen LogP contribution in [0, 0.1) is 32.1 Å². The number of carbonyl (C=O) groups is 1. The third-order valence-corrected chi connectivity index (χ3v) is 4.47. The summed E-state index contributed by atoms with van der Waals surface area (Å²) in [6.45, 7) is 5.70. The third-order valence-electron chi connectivity index (χ3n) is 4.47. The van der Waals surface area contributed by atoms with Gasteiger partial charge in [-0.2, -0.15) is 10.2 Å². The number of rotatable bonds is 4. The van der Waals surface area contributed by atoms with Crippen LogP contribution in [0.5, 0.6) is 11.6 Å². The van der Waals surface area contributed by atoms with Gasteiger partial charge in [-0.25, -0.2) is 0 Å². The molecule has 3 aromatic rings. The summed E-state index contributed by atoms with van der Waals surface area (Å²) >= 11 is 0. The summed E-state index contributed by atoms with van der Waals surface area (Å²) in [6, 6.07) is 11.0. The van der Waals surface area contributed by atoms with E-state index in [9.17, 15) is 14.9 Å². The molecule has 1 aromatic carbocycles. The summed E-state index contributed by atoms with van der Waals surface area (Å²) in [7, 11) is 1.41. The molecule has 7 heteroatoms. The highest BCUT2D eigenvalue weighted by atomic mass is 16.5. The molecule has 0 radical (unpaired) electrons. The minimum Gasteiger partial charge on any atom is -0.438 e. The predicted molar refractivity (Wildman–Crippen MR) is 110 cm³/mol. The van der Waals surface area contributed by atoms with E-state index in [0.29, 0.717) is 11.4 Å². The van der Waals surface area contributed by atoms with E-state index < -0.39 is 11.5 Å². The first kappa shape index (κ1) is 19.8. The van der Waals surface area contributed by atoms with Gasteiger partial charge in [-0.05, 0) is 50.1 Å². The minimum atomic E-state index is -0.598. The standard InChI is InChI=1S/C22H20N4O3/c1-13-7-8-18(15(3)10-13)29-21-17(11-16(12-23)20(27)24-4)22(28)26-9-5-6-14(2)19(26)25-21/h5-11H,1-4H3,(H,24,27)/b16-11+. The van der Waals surface area contributed by atoms with E-state index in [4.69, 9.17) is 4.74 Å². The van der Waals surface area contributed by atoms with Gasteiger partial charge in [0.15, 0.2) is 0 Å². The summed E-state index contributed by atoms with van der Waals surface area (Å²) in [6.07, 6.45) is 2.80. The van der Waals surface area contributed by atoms with Crippen LogP contribution in [0.15, 0.2) is 46.9 Å². The Morgan fingerprint density at radius 2 is 2.00 bits per heavy atom. The Bertz CT molecular complexity index is 1250. The number of nitrogens with one attached hydrogen (secondary N) is 1. The van der Waals surface area contributed by atoms with E-state index in [0.717, 1.165) is 16.7 Å². The fourth-order valence-corrected chi connectivity index (χ4v) is 2.94. The number of hydrogen-bond donors (Lipinski definition) is 1. The highest BCUT2D eigenvalue weighted by molar-refractivity contribution is 6.01. The molecule has 0 bridgehead atoms. The Balaban J connectivity index is 2.30. The van der Waals surface area contributed by atoms with E-state index in [1.807, 2.05) is 45.0 Å². The number of nitriles is 1. The number of hydrogen-bond acceptors (Lipinski definition) is 5. The predicted octanol–water partition coefficient (Wildman–Crippen LogP) is 3.07. The summed E-state index contributed by atoms with van der Waals surface area (Å²) in [5, 5.41) is 11.7. The molecule has 1 amide bonds. The first-order chi connectivity index (χ1) is 13.8. The number of nitrogens with zero attached hydrogens (tertiary/aromatic N) is 3. The first-order valence-corrected chi connectivity index (χ1v) is 8.96. The van der Waals surface area contributed by atoms with E-state index in [1.54, 1.807) is 18.3 Å². The van der Waals surface area contributed by atoms with Gasteiger partial charge in [0.25, 0.3) is 11.5 Å². The second-order valence-electron chi connectivity index (χ2n) is 6.64. The zero-order valence-corrected chi connectivity index (χ0v) is 16.6. The van der Waals surface area contributed by atoms with Crippen LogP contribution in [0.3, 0.4) is 0 Å². The summed E-state index contributed by atoms with van der Waals surface area (Å²) < 4.78 is 7.36. The van der Waals surface area contributed by atoms with E-state index in [2.05, 4.69) is 10.3 Å². The van der Waals surface area contributed by atoms with Crippen molar-refractivity contribution in [3.63, 3.8) is 0 Å². The van der Waals surface area contributed by atoms with Gasteiger partial charge >= 0.3 is 0 Å². The summed E-state index contributed by atoms with van der Waals surface area (Å²) in [5.41, 5.74) is 2.54. The van der Waals surface area contributed by atoms with Gasteiger partial charge in [0.05, 0.1) is 0 Å². The summed E-state index contributed by atoms with van der Waals surface area (Å²) in [4.78, 5) is 29.6. The van der Waals surface area contributed by atoms with Crippen LogP contribution in [0.2, 0.25) is 0 Å². The van der Waals surface area contributed by atoms with E-state index >= 15 is 0 Å². The molecule has 2 aromatic heterocycles. The van der Waals surface area contributed by atoms with Crippen LogP contribution in [-0.4, -0.2) is 22.3 Å². The fourth-order valence-electron chi connectivity index (χ4n) is 2.94. The minimum absolute atomic E-state index is 0.0215. The van der Waals surface area contributed by atoms with Crippen molar-refractivity contribution in [1.29, 1.82) is 5.26 Å². The Kier molecular flexibility index (Phi) is 5.46. The number of likely N-dealkylation sites (N-methyl/N-ethyl adjacent to an activating group) is 1. The Hall–Kier alpha value is -3.92. The molecule has 0 aliphatic heterocycles. The molecule has 0 saturated carbocycles. The van der Waals surface area contributed by atoms with Crippen LogP contribution >= 0.6 is 0 Å². The fraction of sp³-hybridized carbons (Fsp3) is 0.182. The van der Waals surface area contributed by atoms with E-state index in [-0.39, 0.29) is 17.0 Å². The van der Waals surface area contributed by atoms with E-state index in [1.165, 1.54) is 17.5 Å². The van der Waals surface area contributed by atoms with Gasteiger partial charge in [-0.3, -0.25) is 14.0 Å². The number of ether oxygens (including phenoxy) is 1. The number of fused-ring (bicyclic) bond motifs is 1. The lowest BCUT2D eigenvalue weighted by Crippen LogP contribution is -2.22. The lowest BCUT2D eigenvalue weighted by Gasteiger charge is -2.13. The molecule has 0 unspecified atom stereocenters. The molecule has 0 fully saturated rings. The molecular formula is C22H20N4O3. The van der Waals surface area contributed by atoms with Crippen LogP contribution < -0.4 is 15.6 Å². The maximum Gasteiger partial charge on any atom is 0.269 e. The topological polar surface area (TPSA) is 96.5 Å². The van der Waals surface area contributed by atoms with Crippen LogP contribution in [0.25, 0.3) is 11.7 Å². The SMILES string of the molecule is CNC(=O)/C(C#N)=C/c1c(Oc2ccc(C)cc2C)nc2c(C)cccn2c1=O. The molecule has 146 valence electrons. The lowest BCUT2D eigenvalue weighted by atomic mass is 10.1. The number of benzene rings is 1. The third kappa shape index (κ3) is 3.87. The molecule has 0 atom stereocenters. The van der Waals surface area contributed by atoms with Gasteiger partial charge in [0, 0.05) is 13.2 Å². The number of carbonyl (C=O) groups excluding carboxylic acids is 1. The second kappa shape index (κ2) is 7.98. The molecule has 0 spiro atoms. The maximum atomic E-state index is 13.2. The zero-order valence-electron chi connectivity index (χ0n) is 16.6. The highest BCUT2D eigenvalue weighted by Crippen LogP contribution is 2.27. The van der Waals surface area contributed by atoms with Gasteiger partial charge in [0.1, 0.15) is 28.6 Å². The molecule has 0 aliphatic carbocycles. The highest BCUT2D eigenvalue weighted by Gasteiger charge is 2.18. The molecule has 1 N–H and O–H groups in total. The van der Waals surface area contributed by atoms with Crippen LogP contribution in [0.1, 0.15) is 22.3 Å². The van der Waals surface area contributed by atoms with Crippen LogP contribution in [-0.2, 0) is 4.79 Å². The van der Waals surface area contributed by atoms with Crippen LogP contribution in [0.4, 0.5) is 0 Å². The first-order valence-electron chi connectivity index (χ1n) is 8.96. The maximum absolute atomic E-state index is 13.2. The quantitative estimate of drug-likeness (QED) is 0.547. The van der Waals surface area contributed by atoms with Crippen molar-refractivity contribution in [3.8, 4) is 17.7 Å². The average Bonchev–Trinajstić information content (AvgIpc) is 2.70. The lowest BCUT2D eigenvalue weighted by molar-refractivity contribution is -0.116. The summed E-state index contributed by atoms with van der Waals surface area (Å²) in [5.74, 6) is -0.0276. The van der Waals surface area contributed by atoms with Gasteiger partial charge in [-0.1, -0.05) is 23.8 Å². The molecule has 29 heavy (non-hydrogen) atoms. The molecule has 0 aliphatic rings. The smallest absolute Gasteiger partial charge is 0.269 e. The molecule has 7 nitrogen and oxygen atoms in total. The largest absolute Gasteiger partial charge is 0.438 e. The normalized spacial score (nSPS) is 11.2. The van der Waals surface area contributed by atoms with Gasteiger partial charge in [-0.15, -0.1) is 0 Å². The Morgan fingerprint density at radius 1 is 1.24 bits per heavy atom. The number of aryl methyl sites for hydroxylation is 3. The number of pyridine rings is 1. The van der Waals surface area contributed by atoms with Crippen molar-refractivity contribution in [1.82, 2.24) is 14.7 Å². The van der Waals surface area contributed by atoms with Crippen molar-refractivity contribution in [2.45, 2.75) is 20.8 Å². The van der Waals surface area contributed by atoms with Gasteiger partial charge < -0.3 is 10.1 Å². The Morgan fingerprint density at radius 3 is 2.66 bits per heavy atom. The number of aromatic nitrogens is 2. The Labute approximate surface area is 167 Å². The monoisotopic (exact) mass is 388 g/mol. The molecule has 3 rings (SSSR count). The van der Waals surface area contributed by atoms with Crippen molar-refractivity contribution < 1.29 is 9.53 Å². The average molecular weight is 388 g/mol.